The van der Waals surface area contributed by atoms with Crippen molar-refractivity contribution in [3.63, 3.8) is 0 Å². The van der Waals surface area contributed by atoms with Gasteiger partial charge in [-0.2, -0.15) is 5.10 Å². The highest BCUT2D eigenvalue weighted by Gasteiger charge is 2.11. The van der Waals surface area contributed by atoms with Crippen molar-refractivity contribution in [1.29, 1.82) is 0 Å². The van der Waals surface area contributed by atoms with E-state index >= 15 is 0 Å². The summed E-state index contributed by atoms with van der Waals surface area (Å²) < 4.78 is 25.8. The summed E-state index contributed by atoms with van der Waals surface area (Å²) in [5.41, 5.74) is 2.56. The summed E-state index contributed by atoms with van der Waals surface area (Å²) in [5.74, 6) is -0.990. The minimum Gasteiger partial charge on any atom is -0.484 e. The normalized spacial score (nSPS) is 10.4. The molecule has 0 unspecified atom stereocenters. The van der Waals surface area contributed by atoms with E-state index in [-0.39, 0.29) is 56.0 Å². The zero-order chi connectivity index (χ0) is 26.3. The van der Waals surface area contributed by atoms with E-state index in [9.17, 15) is 24.5 Å². The van der Waals surface area contributed by atoms with Gasteiger partial charge in [-0.15, -0.1) is 0 Å². The number of esters is 2. The van der Waals surface area contributed by atoms with Crippen LogP contribution in [0.25, 0.3) is 0 Å². The fourth-order valence-corrected chi connectivity index (χ4v) is 2.54. The van der Waals surface area contributed by atoms with E-state index in [1.165, 1.54) is 42.6 Å². The number of ether oxygens (including phenoxy) is 5. The molecule has 1 amide bonds. The Morgan fingerprint density at radius 2 is 1.47 bits per heavy atom. The summed E-state index contributed by atoms with van der Waals surface area (Å²) >= 11 is 0. The Kier molecular flexibility index (Phi) is 11.1. The first-order chi connectivity index (χ1) is 17.3. The number of hydrazone groups is 1. The van der Waals surface area contributed by atoms with Gasteiger partial charge < -0.3 is 23.7 Å². The van der Waals surface area contributed by atoms with Crippen molar-refractivity contribution in [3.8, 4) is 17.2 Å². The van der Waals surface area contributed by atoms with E-state index in [0.29, 0.717) is 5.56 Å². The van der Waals surface area contributed by atoms with E-state index in [1.807, 2.05) is 0 Å². The van der Waals surface area contributed by atoms with Gasteiger partial charge in [-0.1, -0.05) is 0 Å². The number of hydrogen-bond acceptors (Lipinski definition) is 11. The van der Waals surface area contributed by atoms with E-state index < -0.39 is 22.8 Å². The summed E-state index contributed by atoms with van der Waals surface area (Å²) in [6.45, 7) is 2.65. The number of nitrogens with zero attached hydrogens (tertiary/aromatic N) is 2. The van der Waals surface area contributed by atoms with Gasteiger partial charge in [0.15, 0.2) is 19.8 Å². The van der Waals surface area contributed by atoms with Crippen LogP contribution in [-0.4, -0.2) is 62.0 Å². The van der Waals surface area contributed by atoms with Crippen molar-refractivity contribution in [1.82, 2.24) is 5.43 Å². The summed E-state index contributed by atoms with van der Waals surface area (Å²) in [7, 11) is 0. The molecule has 0 atom stereocenters. The van der Waals surface area contributed by atoms with Crippen LogP contribution in [0, 0.1) is 10.1 Å². The molecule has 2 aromatic rings. The third kappa shape index (κ3) is 9.67. The Hall–Kier alpha value is -4.68. The van der Waals surface area contributed by atoms with Crippen LogP contribution < -0.4 is 19.6 Å². The van der Waals surface area contributed by atoms with Crippen molar-refractivity contribution >= 4 is 29.7 Å². The average molecular weight is 503 g/mol. The smallest absolute Gasteiger partial charge is 0.344 e. The molecular weight excluding hydrogens is 478 g/mol. The zero-order valence-corrected chi connectivity index (χ0v) is 19.6. The Balaban J connectivity index is 1.99. The van der Waals surface area contributed by atoms with Gasteiger partial charge in [0, 0.05) is 23.8 Å². The Morgan fingerprint density at radius 3 is 2.08 bits per heavy atom. The number of non-ortho nitro benzene ring substituents is 1. The first-order valence-electron chi connectivity index (χ1n) is 10.7. The quantitative estimate of drug-likeness (QED) is 0.174. The lowest BCUT2D eigenvalue weighted by molar-refractivity contribution is -0.384. The van der Waals surface area contributed by atoms with Crippen LogP contribution in [0.5, 0.6) is 17.2 Å². The SMILES string of the molecule is CCOC(=O)COc1ccc(/C=N\NC(=O)COc2ccc([N+](=O)[O-])cc2)c(OCC(=O)OCC)c1. The van der Waals surface area contributed by atoms with Gasteiger partial charge in [-0.05, 0) is 38.1 Å². The van der Waals surface area contributed by atoms with Gasteiger partial charge >= 0.3 is 11.9 Å². The molecule has 0 saturated carbocycles. The number of nitro benzene ring substituents is 1. The molecular formula is C23H25N3O10. The van der Waals surface area contributed by atoms with E-state index in [1.54, 1.807) is 19.9 Å². The van der Waals surface area contributed by atoms with Gasteiger partial charge in [-0.25, -0.2) is 15.0 Å². The second kappa shape index (κ2) is 14.6. The highest BCUT2D eigenvalue weighted by Crippen LogP contribution is 2.24. The molecule has 13 heteroatoms. The number of benzene rings is 2. The first kappa shape index (κ1) is 27.6. The fraction of sp³-hybridized carbons (Fsp3) is 0.304. The van der Waals surface area contributed by atoms with Gasteiger partial charge in [0.25, 0.3) is 11.6 Å². The van der Waals surface area contributed by atoms with Crippen LogP contribution in [0.3, 0.4) is 0 Å². The van der Waals surface area contributed by atoms with Crippen LogP contribution in [0.4, 0.5) is 5.69 Å². The predicted molar refractivity (Wildman–Crippen MR) is 125 cm³/mol. The predicted octanol–water partition coefficient (Wildman–Crippen LogP) is 2.01. The van der Waals surface area contributed by atoms with Crippen molar-refractivity contribution < 1.29 is 43.0 Å². The van der Waals surface area contributed by atoms with E-state index in [0.717, 1.165) is 0 Å². The second-order valence-corrected chi connectivity index (χ2v) is 6.72. The van der Waals surface area contributed by atoms with Gasteiger partial charge in [0.1, 0.15) is 17.2 Å². The Morgan fingerprint density at radius 1 is 0.889 bits per heavy atom. The molecule has 192 valence electrons. The molecule has 0 aliphatic heterocycles. The molecule has 36 heavy (non-hydrogen) atoms. The minimum atomic E-state index is -0.590. The number of nitro groups is 1. The summed E-state index contributed by atoms with van der Waals surface area (Å²) in [6, 6.07) is 9.77. The maximum atomic E-state index is 12.0. The van der Waals surface area contributed by atoms with Gasteiger partial charge in [0.2, 0.25) is 0 Å². The molecule has 0 spiro atoms. The van der Waals surface area contributed by atoms with E-state index in [2.05, 4.69) is 10.5 Å². The first-order valence-corrected chi connectivity index (χ1v) is 10.7. The molecule has 13 nitrogen and oxygen atoms in total. The molecule has 0 fully saturated rings. The van der Waals surface area contributed by atoms with Crippen LogP contribution in [0.15, 0.2) is 47.6 Å². The molecule has 0 bridgehead atoms. The van der Waals surface area contributed by atoms with Gasteiger partial charge in [0.05, 0.1) is 24.4 Å². The third-order valence-corrected chi connectivity index (χ3v) is 4.11. The number of carbonyl (C=O) groups excluding carboxylic acids is 3. The molecule has 2 aromatic carbocycles. The number of carbonyl (C=O) groups is 3. The van der Waals surface area contributed by atoms with Crippen LogP contribution >= 0.6 is 0 Å². The molecule has 0 saturated heterocycles. The largest absolute Gasteiger partial charge is 0.484 e. The monoisotopic (exact) mass is 503 g/mol. The maximum Gasteiger partial charge on any atom is 0.344 e. The van der Waals surface area contributed by atoms with Crippen LogP contribution in [0.1, 0.15) is 19.4 Å². The lowest BCUT2D eigenvalue weighted by Crippen LogP contribution is -2.24. The van der Waals surface area contributed by atoms with Crippen molar-refractivity contribution in [2.45, 2.75) is 13.8 Å². The van der Waals surface area contributed by atoms with E-state index in [4.69, 9.17) is 23.7 Å². The second-order valence-electron chi connectivity index (χ2n) is 6.72. The molecule has 1 N–H and O–H groups in total. The average Bonchev–Trinajstić information content (AvgIpc) is 2.86. The van der Waals surface area contributed by atoms with Crippen molar-refractivity contribution in [2.24, 2.45) is 5.10 Å². The van der Waals surface area contributed by atoms with Gasteiger partial charge in [-0.3, -0.25) is 14.9 Å². The highest BCUT2D eigenvalue weighted by atomic mass is 16.6. The topological polar surface area (TPSA) is 165 Å². The number of hydrogen-bond donors (Lipinski definition) is 1. The number of amides is 1. The zero-order valence-electron chi connectivity index (χ0n) is 19.6. The molecule has 2 rings (SSSR count). The summed E-state index contributed by atoms with van der Waals surface area (Å²) in [5, 5.41) is 14.5. The maximum absolute atomic E-state index is 12.0. The molecule has 0 heterocycles. The van der Waals surface area contributed by atoms with Crippen LogP contribution in [-0.2, 0) is 23.9 Å². The van der Waals surface area contributed by atoms with Crippen molar-refractivity contribution in [3.05, 3.63) is 58.1 Å². The standard InChI is InChI=1S/C23H25N3O10/c1-3-32-22(28)14-35-19-8-5-16(20(11-19)36-15-23(29)33-4-2)12-24-25-21(27)13-34-18-9-6-17(7-10-18)26(30)31/h5-12H,3-4,13-15H2,1-2H3,(H,25,27)/b24-12-. The molecule has 0 aromatic heterocycles. The third-order valence-electron chi connectivity index (χ3n) is 4.11. The summed E-state index contributed by atoms with van der Waals surface area (Å²) in [6.07, 6.45) is 1.28. The number of rotatable bonds is 14. The highest BCUT2D eigenvalue weighted by molar-refractivity contribution is 5.86. The molecule has 0 radical (unpaired) electrons. The minimum absolute atomic E-state index is 0.102. The van der Waals surface area contributed by atoms with Crippen LogP contribution in [0.2, 0.25) is 0 Å². The summed E-state index contributed by atoms with van der Waals surface area (Å²) in [4.78, 5) is 45.3. The fourth-order valence-electron chi connectivity index (χ4n) is 2.54. The Bertz CT molecular complexity index is 1090. The molecule has 0 aliphatic carbocycles. The molecule has 0 aliphatic rings. The number of nitrogens with one attached hydrogen (secondary N) is 1. The Labute approximate surface area is 206 Å². The lowest BCUT2D eigenvalue weighted by Gasteiger charge is -2.11. The lowest BCUT2D eigenvalue weighted by atomic mass is 10.2. The van der Waals surface area contributed by atoms with Crippen molar-refractivity contribution in [2.75, 3.05) is 33.0 Å².